The molecule has 1 atom stereocenters. The highest BCUT2D eigenvalue weighted by molar-refractivity contribution is 9.10. The van der Waals surface area contributed by atoms with Crippen LogP contribution >= 0.6 is 15.9 Å². The molecular formula is C10H15BrN4. The first-order chi connectivity index (χ1) is 7.16. The molecule has 4 nitrogen and oxygen atoms in total. The van der Waals surface area contributed by atoms with Crippen LogP contribution < -0.4 is 4.90 Å². The minimum atomic E-state index is 0.561. The van der Waals surface area contributed by atoms with Crippen molar-refractivity contribution in [2.24, 2.45) is 0 Å². The van der Waals surface area contributed by atoms with E-state index in [0.717, 1.165) is 17.0 Å². The van der Waals surface area contributed by atoms with Crippen LogP contribution in [0, 0.1) is 0 Å². The number of hydrogen-bond donors (Lipinski definition) is 0. The van der Waals surface area contributed by atoms with Gasteiger partial charge in [0.05, 0.1) is 12.4 Å². The van der Waals surface area contributed by atoms with Gasteiger partial charge in [-0.2, -0.15) is 0 Å². The van der Waals surface area contributed by atoms with E-state index in [2.05, 4.69) is 49.8 Å². The predicted molar refractivity (Wildman–Crippen MR) is 64.0 cm³/mol. The van der Waals surface area contributed by atoms with Crippen LogP contribution in [0.15, 0.2) is 17.0 Å². The SMILES string of the molecule is CN1CCC(N(C)c2cnc(Br)cn2)C1. The molecule has 1 aliphatic rings. The molecule has 0 radical (unpaired) electrons. The number of hydrogen-bond acceptors (Lipinski definition) is 4. The van der Waals surface area contributed by atoms with Crippen molar-refractivity contribution >= 4 is 21.7 Å². The molecule has 15 heavy (non-hydrogen) atoms. The second-order valence-corrected chi connectivity index (χ2v) is 4.83. The van der Waals surface area contributed by atoms with Gasteiger partial charge in [-0.25, -0.2) is 9.97 Å². The van der Waals surface area contributed by atoms with Gasteiger partial charge in [-0.1, -0.05) is 0 Å². The number of halogens is 1. The van der Waals surface area contributed by atoms with E-state index in [1.54, 1.807) is 6.20 Å². The maximum Gasteiger partial charge on any atom is 0.147 e. The van der Waals surface area contributed by atoms with Gasteiger partial charge >= 0.3 is 0 Å². The molecule has 2 heterocycles. The molecule has 1 saturated heterocycles. The minimum absolute atomic E-state index is 0.561. The fourth-order valence-electron chi connectivity index (χ4n) is 1.90. The summed E-state index contributed by atoms with van der Waals surface area (Å²) in [6.07, 6.45) is 4.75. The molecule has 0 aromatic carbocycles. The molecule has 0 saturated carbocycles. The van der Waals surface area contributed by atoms with E-state index in [4.69, 9.17) is 0 Å². The average molecular weight is 271 g/mol. The van der Waals surface area contributed by atoms with Crippen LogP contribution in [0.4, 0.5) is 5.82 Å². The van der Waals surface area contributed by atoms with Gasteiger partial charge in [-0.05, 0) is 35.9 Å². The molecule has 82 valence electrons. The third kappa shape index (κ3) is 2.46. The van der Waals surface area contributed by atoms with Crippen LogP contribution in [0.1, 0.15) is 6.42 Å². The van der Waals surface area contributed by atoms with Crippen molar-refractivity contribution in [3.63, 3.8) is 0 Å². The molecule has 0 amide bonds. The van der Waals surface area contributed by atoms with Gasteiger partial charge in [0.2, 0.25) is 0 Å². The number of nitrogens with zero attached hydrogens (tertiary/aromatic N) is 4. The third-order valence-electron chi connectivity index (χ3n) is 2.88. The second-order valence-electron chi connectivity index (χ2n) is 4.01. The van der Waals surface area contributed by atoms with Gasteiger partial charge in [-0.15, -0.1) is 0 Å². The lowest BCUT2D eigenvalue weighted by Gasteiger charge is -2.24. The first kappa shape index (κ1) is 10.8. The Balaban J connectivity index is 2.07. The normalized spacial score (nSPS) is 21.9. The second kappa shape index (κ2) is 4.45. The molecule has 1 fully saturated rings. The third-order valence-corrected chi connectivity index (χ3v) is 3.29. The fourth-order valence-corrected chi connectivity index (χ4v) is 2.11. The highest BCUT2D eigenvalue weighted by Gasteiger charge is 2.24. The van der Waals surface area contributed by atoms with Gasteiger partial charge in [0.15, 0.2) is 0 Å². The molecule has 2 rings (SSSR count). The summed E-state index contributed by atoms with van der Waals surface area (Å²) in [7, 11) is 4.24. The molecule has 0 aliphatic carbocycles. The van der Waals surface area contributed by atoms with Crippen LogP contribution in [0.3, 0.4) is 0 Å². The molecule has 1 aromatic rings. The first-order valence-corrected chi connectivity index (χ1v) is 5.85. The fraction of sp³-hybridized carbons (Fsp3) is 0.600. The van der Waals surface area contributed by atoms with E-state index >= 15 is 0 Å². The molecule has 0 N–H and O–H groups in total. The van der Waals surface area contributed by atoms with Gasteiger partial charge in [0.25, 0.3) is 0 Å². The van der Waals surface area contributed by atoms with E-state index < -0.39 is 0 Å². The minimum Gasteiger partial charge on any atom is -0.354 e. The van der Waals surface area contributed by atoms with E-state index in [-0.39, 0.29) is 0 Å². The Kier molecular flexibility index (Phi) is 3.21. The summed E-state index contributed by atoms with van der Waals surface area (Å²) in [5.41, 5.74) is 0. The van der Waals surface area contributed by atoms with Crippen molar-refractivity contribution in [1.82, 2.24) is 14.9 Å². The van der Waals surface area contributed by atoms with Crippen LogP contribution in [0.2, 0.25) is 0 Å². The Bertz CT molecular complexity index is 327. The molecule has 1 aromatic heterocycles. The Morgan fingerprint density at radius 2 is 2.27 bits per heavy atom. The summed E-state index contributed by atoms with van der Waals surface area (Å²) >= 11 is 3.29. The van der Waals surface area contributed by atoms with Crippen LogP contribution in [-0.2, 0) is 0 Å². The van der Waals surface area contributed by atoms with Crippen LogP contribution in [-0.4, -0.2) is 48.1 Å². The molecular weight excluding hydrogens is 256 g/mol. The first-order valence-electron chi connectivity index (χ1n) is 5.06. The zero-order valence-corrected chi connectivity index (χ0v) is 10.6. The molecule has 5 heteroatoms. The summed E-state index contributed by atoms with van der Waals surface area (Å²) in [4.78, 5) is 13.1. The maximum atomic E-state index is 4.35. The summed E-state index contributed by atoms with van der Waals surface area (Å²) in [6, 6.07) is 0.561. The number of likely N-dealkylation sites (tertiary alicyclic amines) is 1. The van der Waals surface area contributed by atoms with Crippen molar-refractivity contribution in [3.8, 4) is 0 Å². The van der Waals surface area contributed by atoms with E-state index in [9.17, 15) is 0 Å². The Labute approximate surface area is 98.4 Å². The number of anilines is 1. The van der Waals surface area contributed by atoms with Crippen molar-refractivity contribution < 1.29 is 0 Å². The van der Waals surface area contributed by atoms with E-state index in [1.165, 1.54) is 13.0 Å². The van der Waals surface area contributed by atoms with Crippen molar-refractivity contribution in [3.05, 3.63) is 17.0 Å². The van der Waals surface area contributed by atoms with Gasteiger partial charge in [0, 0.05) is 19.6 Å². The van der Waals surface area contributed by atoms with Gasteiger partial charge in [0.1, 0.15) is 10.4 Å². The summed E-state index contributed by atoms with van der Waals surface area (Å²) in [6.45, 7) is 2.27. The van der Waals surface area contributed by atoms with Crippen molar-refractivity contribution in [1.29, 1.82) is 0 Å². The molecule has 1 unspecified atom stereocenters. The predicted octanol–water partition coefficient (Wildman–Crippen LogP) is 1.38. The summed E-state index contributed by atoms with van der Waals surface area (Å²) in [5, 5.41) is 0. The highest BCUT2D eigenvalue weighted by Crippen LogP contribution is 2.18. The van der Waals surface area contributed by atoms with Crippen molar-refractivity contribution in [2.45, 2.75) is 12.5 Å². The molecule has 1 aliphatic heterocycles. The van der Waals surface area contributed by atoms with Crippen LogP contribution in [0.5, 0.6) is 0 Å². The summed E-state index contributed by atoms with van der Waals surface area (Å²) < 4.78 is 0.781. The van der Waals surface area contributed by atoms with Crippen LogP contribution in [0.25, 0.3) is 0 Å². The number of rotatable bonds is 2. The van der Waals surface area contributed by atoms with Crippen molar-refractivity contribution in [2.75, 3.05) is 32.1 Å². The molecule has 0 bridgehead atoms. The quantitative estimate of drug-likeness (QED) is 0.813. The molecule has 0 spiro atoms. The lowest BCUT2D eigenvalue weighted by Crippen LogP contribution is -2.34. The smallest absolute Gasteiger partial charge is 0.147 e. The maximum absolute atomic E-state index is 4.35. The summed E-state index contributed by atoms with van der Waals surface area (Å²) in [5.74, 6) is 0.943. The zero-order valence-electron chi connectivity index (χ0n) is 9.02. The lowest BCUT2D eigenvalue weighted by atomic mass is 10.2. The Morgan fingerprint density at radius 3 is 2.80 bits per heavy atom. The Hall–Kier alpha value is -0.680. The average Bonchev–Trinajstić information content (AvgIpc) is 2.65. The zero-order chi connectivity index (χ0) is 10.8. The number of aromatic nitrogens is 2. The van der Waals surface area contributed by atoms with E-state index in [1.807, 2.05) is 6.20 Å². The highest BCUT2D eigenvalue weighted by atomic mass is 79.9. The number of likely N-dealkylation sites (N-methyl/N-ethyl adjacent to an activating group) is 2. The topological polar surface area (TPSA) is 32.3 Å². The van der Waals surface area contributed by atoms with Gasteiger partial charge in [-0.3, -0.25) is 0 Å². The lowest BCUT2D eigenvalue weighted by molar-refractivity contribution is 0.409. The Morgan fingerprint density at radius 1 is 1.47 bits per heavy atom. The standard InChI is InChI=1S/C10H15BrN4/c1-14-4-3-8(7-14)15(2)10-6-12-9(11)5-13-10/h5-6,8H,3-4,7H2,1-2H3. The van der Waals surface area contributed by atoms with Gasteiger partial charge < -0.3 is 9.80 Å². The largest absolute Gasteiger partial charge is 0.354 e. The monoisotopic (exact) mass is 270 g/mol. The van der Waals surface area contributed by atoms with E-state index in [0.29, 0.717) is 6.04 Å².